The van der Waals surface area contributed by atoms with E-state index in [1.807, 2.05) is 0 Å². The van der Waals surface area contributed by atoms with Crippen LogP contribution in [0.25, 0.3) is 10.9 Å². The van der Waals surface area contributed by atoms with Gasteiger partial charge >= 0.3 is 0 Å². The molecule has 2 saturated heterocycles. The Hall–Kier alpha value is -1.40. The van der Waals surface area contributed by atoms with E-state index in [9.17, 15) is 0 Å². The Balaban J connectivity index is 1.27. The van der Waals surface area contributed by atoms with Crippen LogP contribution in [-0.4, -0.2) is 40.7 Å². The second-order valence-corrected chi connectivity index (χ2v) is 11.9. The minimum atomic E-state index is 0.254. The maximum absolute atomic E-state index is 6.07. The Morgan fingerprint density at radius 1 is 1.00 bits per heavy atom. The first-order valence-electron chi connectivity index (χ1n) is 11.6. The number of thioether (sulfide) groups is 2. The lowest BCUT2D eigenvalue weighted by molar-refractivity contribution is 0.0113. The standard InChI is InChI=1S/C26H30N2OS2/c1-2-7-20(8-3-1)19-29-14-13-27-12-11-22-18-25(27)28-23-10-5-4-9-21(23)17-24(28)26(22)30-15-6-16-31-26/h1-5,7-10,17,22,25H,6,11-16,18-19H2. The fourth-order valence-electron chi connectivity index (χ4n) is 5.72. The van der Waals surface area contributed by atoms with Gasteiger partial charge in [0.15, 0.2) is 0 Å². The highest BCUT2D eigenvalue weighted by Crippen LogP contribution is 2.62. The van der Waals surface area contributed by atoms with E-state index in [4.69, 9.17) is 4.74 Å². The lowest BCUT2D eigenvalue weighted by Crippen LogP contribution is -2.51. The van der Waals surface area contributed by atoms with Crippen LogP contribution in [0.3, 0.4) is 0 Å². The van der Waals surface area contributed by atoms with Gasteiger partial charge in [-0.05, 0) is 59.8 Å². The zero-order valence-electron chi connectivity index (χ0n) is 17.9. The molecule has 0 radical (unpaired) electrons. The van der Waals surface area contributed by atoms with E-state index < -0.39 is 0 Å². The van der Waals surface area contributed by atoms with Gasteiger partial charge in [0.25, 0.3) is 0 Å². The van der Waals surface area contributed by atoms with Crippen LogP contribution in [0.4, 0.5) is 0 Å². The SMILES string of the molecule is c1ccc(COCCN2CCC3CC2n2c(cc4ccccc42)C32SCCCS2)cc1. The lowest BCUT2D eigenvalue weighted by atomic mass is 9.85. The van der Waals surface area contributed by atoms with Crippen molar-refractivity contribution in [3.63, 3.8) is 0 Å². The van der Waals surface area contributed by atoms with Crippen LogP contribution in [0.15, 0.2) is 60.7 Å². The molecule has 3 nitrogen and oxygen atoms in total. The molecule has 5 heteroatoms. The van der Waals surface area contributed by atoms with Gasteiger partial charge in [-0.2, -0.15) is 0 Å². The van der Waals surface area contributed by atoms with E-state index >= 15 is 0 Å². The van der Waals surface area contributed by atoms with E-state index in [2.05, 4.69) is 93.7 Å². The van der Waals surface area contributed by atoms with Gasteiger partial charge in [0.05, 0.1) is 19.4 Å². The number of likely N-dealkylation sites (tertiary alicyclic amines) is 1. The molecule has 0 N–H and O–H groups in total. The third kappa shape index (κ3) is 3.54. The molecule has 0 amide bonds. The minimum absolute atomic E-state index is 0.254. The van der Waals surface area contributed by atoms with Crippen molar-refractivity contribution in [3.8, 4) is 0 Å². The second kappa shape index (κ2) is 8.51. The van der Waals surface area contributed by atoms with Gasteiger partial charge in [0, 0.05) is 24.3 Å². The van der Waals surface area contributed by atoms with E-state index in [1.165, 1.54) is 53.8 Å². The molecular formula is C26H30N2OS2. The molecule has 0 saturated carbocycles. The number of benzene rings is 2. The summed E-state index contributed by atoms with van der Waals surface area (Å²) in [5, 5.41) is 1.40. The molecule has 1 aromatic heterocycles. The fourth-order valence-corrected chi connectivity index (χ4v) is 9.43. The number of aromatic nitrogens is 1. The molecule has 3 aliphatic heterocycles. The molecule has 1 spiro atoms. The molecule has 3 aromatic rings. The molecule has 0 aliphatic carbocycles. The highest BCUT2D eigenvalue weighted by molar-refractivity contribution is 8.18. The summed E-state index contributed by atoms with van der Waals surface area (Å²) in [6, 6.07) is 22.0. The number of rotatable bonds is 5. The highest BCUT2D eigenvalue weighted by atomic mass is 32.2. The predicted molar refractivity (Wildman–Crippen MR) is 133 cm³/mol. The molecule has 162 valence electrons. The average molecular weight is 451 g/mol. The quantitative estimate of drug-likeness (QED) is 0.436. The van der Waals surface area contributed by atoms with Gasteiger partial charge < -0.3 is 9.30 Å². The molecule has 2 atom stereocenters. The lowest BCUT2D eigenvalue weighted by Gasteiger charge is -2.54. The van der Waals surface area contributed by atoms with Crippen LogP contribution in [0.1, 0.15) is 36.7 Å². The highest BCUT2D eigenvalue weighted by Gasteiger charge is 2.52. The zero-order chi connectivity index (χ0) is 20.7. The molecule has 2 aromatic carbocycles. The van der Waals surface area contributed by atoms with Crippen LogP contribution in [-0.2, 0) is 15.4 Å². The first kappa shape index (κ1) is 20.2. The third-order valence-electron chi connectivity index (χ3n) is 7.18. The molecule has 6 rings (SSSR count). The summed E-state index contributed by atoms with van der Waals surface area (Å²) in [6.45, 7) is 3.68. The third-order valence-corrected chi connectivity index (χ3v) is 10.8. The van der Waals surface area contributed by atoms with Crippen molar-refractivity contribution in [2.45, 2.75) is 36.1 Å². The van der Waals surface area contributed by atoms with Crippen molar-refractivity contribution in [3.05, 3.63) is 71.9 Å². The van der Waals surface area contributed by atoms with Gasteiger partial charge in [-0.1, -0.05) is 48.5 Å². The summed E-state index contributed by atoms with van der Waals surface area (Å²) in [5.74, 6) is 3.37. The molecule has 2 bridgehead atoms. The van der Waals surface area contributed by atoms with E-state index in [0.717, 1.165) is 19.1 Å². The number of hydrogen-bond acceptors (Lipinski definition) is 4. The second-order valence-electron chi connectivity index (χ2n) is 8.95. The Labute approximate surface area is 193 Å². The van der Waals surface area contributed by atoms with E-state index in [0.29, 0.717) is 12.8 Å². The topological polar surface area (TPSA) is 17.4 Å². The fraction of sp³-hybridized carbons (Fsp3) is 0.462. The minimum Gasteiger partial charge on any atom is -0.375 e. The first-order valence-corrected chi connectivity index (χ1v) is 13.6. The van der Waals surface area contributed by atoms with Crippen molar-refractivity contribution >= 4 is 34.4 Å². The summed E-state index contributed by atoms with van der Waals surface area (Å²) in [5.41, 5.74) is 4.23. The molecule has 2 unspecified atom stereocenters. The van der Waals surface area contributed by atoms with E-state index in [-0.39, 0.29) is 4.08 Å². The van der Waals surface area contributed by atoms with Crippen molar-refractivity contribution in [1.82, 2.24) is 9.47 Å². The van der Waals surface area contributed by atoms with Gasteiger partial charge in [-0.15, -0.1) is 23.5 Å². The molecule has 31 heavy (non-hydrogen) atoms. The van der Waals surface area contributed by atoms with Crippen molar-refractivity contribution in [2.75, 3.05) is 31.2 Å². The van der Waals surface area contributed by atoms with Crippen LogP contribution in [0.5, 0.6) is 0 Å². The largest absolute Gasteiger partial charge is 0.375 e. The molecule has 4 heterocycles. The number of fused-ring (bicyclic) bond motifs is 8. The zero-order valence-corrected chi connectivity index (χ0v) is 19.5. The number of ether oxygens (including phenoxy) is 1. The Kier molecular flexibility index (Phi) is 5.55. The number of hydrogen-bond donors (Lipinski definition) is 0. The molecule has 3 aliphatic rings. The average Bonchev–Trinajstić information content (AvgIpc) is 3.23. The maximum atomic E-state index is 6.07. The van der Waals surface area contributed by atoms with Gasteiger partial charge in [0.1, 0.15) is 4.08 Å². The maximum Gasteiger partial charge on any atom is 0.104 e. The summed E-state index contributed by atoms with van der Waals surface area (Å²) in [6.07, 6.45) is 4.38. The predicted octanol–water partition coefficient (Wildman–Crippen LogP) is 6.11. The van der Waals surface area contributed by atoms with Crippen molar-refractivity contribution in [2.24, 2.45) is 5.92 Å². The smallest absolute Gasteiger partial charge is 0.104 e. The van der Waals surface area contributed by atoms with Gasteiger partial charge in [-0.25, -0.2) is 0 Å². The van der Waals surface area contributed by atoms with E-state index in [1.54, 1.807) is 5.69 Å². The summed E-state index contributed by atoms with van der Waals surface area (Å²) in [7, 11) is 0. The van der Waals surface area contributed by atoms with Crippen LogP contribution < -0.4 is 0 Å². The Morgan fingerprint density at radius 2 is 1.81 bits per heavy atom. The van der Waals surface area contributed by atoms with Crippen molar-refractivity contribution < 1.29 is 4.74 Å². The summed E-state index contributed by atoms with van der Waals surface area (Å²) in [4.78, 5) is 2.68. The van der Waals surface area contributed by atoms with Crippen LogP contribution in [0.2, 0.25) is 0 Å². The summed E-state index contributed by atoms with van der Waals surface area (Å²) < 4.78 is 9.02. The number of nitrogens with zero attached hydrogens (tertiary/aromatic N) is 2. The Bertz CT molecular complexity index is 1040. The van der Waals surface area contributed by atoms with Crippen LogP contribution in [0, 0.1) is 5.92 Å². The van der Waals surface area contributed by atoms with Gasteiger partial charge in [-0.3, -0.25) is 4.90 Å². The van der Waals surface area contributed by atoms with Crippen molar-refractivity contribution in [1.29, 1.82) is 0 Å². The molecular weight excluding hydrogens is 420 g/mol. The molecule has 2 fully saturated rings. The summed E-state index contributed by atoms with van der Waals surface area (Å²) >= 11 is 4.46. The number of piperidine rings is 1. The van der Waals surface area contributed by atoms with Crippen LogP contribution >= 0.6 is 23.5 Å². The Morgan fingerprint density at radius 3 is 2.68 bits per heavy atom. The normalized spacial score (nSPS) is 25.0. The first-order chi connectivity index (χ1) is 15.4. The van der Waals surface area contributed by atoms with Gasteiger partial charge in [0.2, 0.25) is 0 Å². The monoisotopic (exact) mass is 450 g/mol. The number of para-hydroxylation sites is 1.